The number of hydrogen-bond donors (Lipinski definition) is 0. The lowest BCUT2D eigenvalue weighted by molar-refractivity contribution is -0.153. The van der Waals surface area contributed by atoms with E-state index in [0.29, 0.717) is 23.9 Å². The van der Waals surface area contributed by atoms with Gasteiger partial charge in [-0.2, -0.15) is 0 Å². The van der Waals surface area contributed by atoms with Crippen LogP contribution in [0.15, 0.2) is 0 Å². The van der Waals surface area contributed by atoms with E-state index in [9.17, 15) is 4.79 Å². The molecule has 2 saturated heterocycles. The van der Waals surface area contributed by atoms with Crippen molar-refractivity contribution in [2.75, 3.05) is 14.2 Å². The van der Waals surface area contributed by atoms with Gasteiger partial charge in [-0.15, -0.1) is 0 Å². The van der Waals surface area contributed by atoms with Crippen LogP contribution in [0.25, 0.3) is 0 Å². The number of esters is 1. The molecule has 2 heterocycles. The van der Waals surface area contributed by atoms with E-state index >= 15 is 0 Å². The monoisotopic (exact) mass is 253 g/mol. The Bertz CT molecular complexity index is 305. The molecule has 18 heavy (non-hydrogen) atoms. The van der Waals surface area contributed by atoms with Gasteiger partial charge >= 0.3 is 5.97 Å². The Balaban J connectivity index is 2.19. The molecule has 0 aromatic heterocycles. The van der Waals surface area contributed by atoms with Crippen LogP contribution in [0.1, 0.15) is 46.0 Å². The summed E-state index contributed by atoms with van der Waals surface area (Å²) in [7, 11) is 3.71. The molecule has 0 spiro atoms. The molecule has 5 atom stereocenters. The molecular weight excluding hydrogens is 226 g/mol. The molecule has 2 aliphatic rings. The molecule has 104 valence electrons. The van der Waals surface area contributed by atoms with Crippen LogP contribution in [0.5, 0.6) is 0 Å². The Hall–Kier alpha value is -0.570. The summed E-state index contributed by atoms with van der Waals surface area (Å²) in [6.07, 6.45) is 6.02. The van der Waals surface area contributed by atoms with Gasteiger partial charge in [0.15, 0.2) is 0 Å². The third-order valence-corrected chi connectivity index (χ3v) is 5.26. The number of fused-ring (bicyclic) bond motifs is 2. The first-order valence-electron chi connectivity index (χ1n) is 7.39. The smallest absolute Gasteiger partial charge is 0.310 e. The van der Waals surface area contributed by atoms with Crippen molar-refractivity contribution in [3.8, 4) is 0 Å². The number of hydrogen-bond acceptors (Lipinski definition) is 3. The third-order valence-electron chi connectivity index (χ3n) is 5.26. The molecule has 2 fully saturated rings. The van der Waals surface area contributed by atoms with E-state index in [1.807, 2.05) is 0 Å². The van der Waals surface area contributed by atoms with Crippen molar-refractivity contribution in [2.24, 2.45) is 17.8 Å². The molecule has 0 aliphatic carbocycles. The lowest BCUT2D eigenvalue weighted by Gasteiger charge is -2.43. The molecule has 1 unspecified atom stereocenters. The van der Waals surface area contributed by atoms with E-state index in [1.54, 1.807) is 0 Å². The molecule has 2 aliphatic heterocycles. The highest BCUT2D eigenvalue weighted by atomic mass is 16.5. The molecule has 3 heteroatoms. The van der Waals surface area contributed by atoms with Gasteiger partial charge in [0.25, 0.3) is 0 Å². The van der Waals surface area contributed by atoms with Gasteiger partial charge in [-0.05, 0) is 38.1 Å². The Morgan fingerprint density at radius 1 is 1.44 bits per heavy atom. The minimum atomic E-state index is 0.0140. The average Bonchev–Trinajstić information content (AvgIpc) is 2.61. The number of carbonyl (C=O) groups is 1. The van der Waals surface area contributed by atoms with Crippen molar-refractivity contribution in [1.82, 2.24) is 4.90 Å². The van der Waals surface area contributed by atoms with Gasteiger partial charge < -0.3 is 4.74 Å². The van der Waals surface area contributed by atoms with Crippen LogP contribution in [-0.4, -0.2) is 37.1 Å². The first kappa shape index (κ1) is 13.9. The Morgan fingerprint density at radius 3 is 2.78 bits per heavy atom. The van der Waals surface area contributed by atoms with Crippen molar-refractivity contribution in [2.45, 2.75) is 58.0 Å². The number of piperidine rings is 1. The summed E-state index contributed by atoms with van der Waals surface area (Å²) in [5.74, 6) is 1.27. The largest absolute Gasteiger partial charge is 0.469 e. The highest BCUT2D eigenvalue weighted by molar-refractivity contribution is 5.74. The van der Waals surface area contributed by atoms with Crippen molar-refractivity contribution in [3.63, 3.8) is 0 Å². The first-order valence-corrected chi connectivity index (χ1v) is 7.39. The van der Waals surface area contributed by atoms with Crippen molar-refractivity contribution < 1.29 is 9.53 Å². The van der Waals surface area contributed by atoms with Crippen LogP contribution in [0.4, 0.5) is 0 Å². The summed E-state index contributed by atoms with van der Waals surface area (Å²) in [4.78, 5) is 14.6. The molecule has 0 aromatic rings. The standard InChI is InChI=1S/C15H27NO2/c1-5-6-10(2)12-9-11-7-8-13(16(11)3)14(12)15(17)18-4/h10-14H,5-9H2,1-4H3/t10?,11-,12+,13+,14-/m0/s1. The lowest BCUT2D eigenvalue weighted by Crippen LogP contribution is -2.51. The second-order valence-corrected chi connectivity index (χ2v) is 6.18. The zero-order chi connectivity index (χ0) is 13.3. The van der Waals surface area contributed by atoms with E-state index in [1.165, 1.54) is 32.8 Å². The SMILES string of the molecule is CCCC(C)[C@H]1C[C@@H]2CC[C@H]([C@H]1C(=O)OC)N2C. The molecule has 2 rings (SSSR count). The summed E-state index contributed by atoms with van der Waals surface area (Å²) < 4.78 is 5.08. The highest BCUT2D eigenvalue weighted by Gasteiger charge is 2.50. The molecule has 0 amide bonds. The van der Waals surface area contributed by atoms with Crippen molar-refractivity contribution >= 4 is 5.97 Å². The summed E-state index contributed by atoms with van der Waals surface area (Å²) in [6, 6.07) is 1.11. The minimum absolute atomic E-state index is 0.0140. The molecule has 0 aromatic carbocycles. The lowest BCUT2D eigenvalue weighted by atomic mass is 9.72. The fraction of sp³-hybridized carbons (Fsp3) is 0.933. The maximum absolute atomic E-state index is 12.2. The van der Waals surface area contributed by atoms with Crippen LogP contribution < -0.4 is 0 Å². The topological polar surface area (TPSA) is 29.5 Å². The summed E-state index contributed by atoms with van der Waals surface area (Å²) in [6.45, 7) is 4.54. The van der Waals surface area contributed by atoms with Gasteiger partial charge in [0, 0.05) is 12.1 Å². The predicted octanol–water partition coefficient (Wildman–Crippen LogP) is 2.69. The van der Waals surface area contributed by atoms with E-state index in [-0.39, 0.29) is 11.9 Å². The predicted molar refractivity (Wildman–Crippen MR) is 72.3 cm³/mol. The zero-order valence-electron chi connectivity index (χ0n) is 12.2. The fourth-order valence-electron chi connectivity index (χ4n) is 4.23. The second-order valence-electron chi connectivity index (χ2n) is 6.18. The summed E-state index contributed by atoms with van der Waals surface area (Å²) in [5.41, 5.74) is 0. The number of ether oxygens (including phenoxy) is 1. The minimum Gasteiger partial charge on any atom is -0.469 e. The second kappa shape index (κ2) is 5.60. The highest BCUT2D eigenvalue weighted by Crippen LogP contribution is 2.45. The van der Waals surface area contributed by atoms with E-state index in [0.717, 1.165) is 6.42 Å². The van der Waals surface area contributed by atoms with Gasteiger partial charge in [0.1, 0.15) is 0 Å². The number of methoxy groups -OCH3 is 1. The Morgan fingerprint density at radius 2 is 2.17 bits per heavy atom. The fourth-order valence-corrected chi connectivity index (χ4v) is 4.23. The van der Waals surface area contributed by atoms with E-state index in [4.69, 9.17) is 4.74 Å². The number of carbonyl (C=O) groups excluding carboxylic acids is 1. The normalized spacial score (nSPS) is 37.6. The molecular formula is C15H27NO2. The van der Waals surface area contributed by atoms with Crippen LogP contribution in [0.3, 0.4) is 0 Å². The molecule has 0 N–H and O–H groups in total. The first-order chi connectivity index (χ1) is 8.60. The molecule has 2 bridgehead atoms. The maximum Gasteiger partial charge on any atom is 0.310 e. The molecule has 0 radical (unpaired) electrons. The third kappa shape index (κ3) is 2.29. The quantitative estimate of drug-likeness (QED) is 0.721. The number of rotatable bonds is 4. The van der Waals surface area contributed by atoms with Gasteiger partial charge in [-0.1, -0.05) is 26.7 Å². The van der Waals surface area contributed by atoms with Crippen molar-refractivity contribution in [3.05, 3.63) is 0 Å². The summed E-state index contributed by atoms with van der Waals surface area (Å²) >= 11 is 0. The average molecular weight is 253 g/mol. The Kier molecular flexibility index (Phi) is 4.31. The van der Waals surface area contributed by atoms with Gasteiger partial charge in [-0.3, -0.25) is 9.69 Å². The zero-order valence-corrected chi connectivity index (χ0v) is 12.2. The van der Waals surface area contributed by atoms with Crippen LogP contribution in [0, 0.1) is 17.8 Å². The van der Waals surface area contributed by atoms with Gasteiger partial charge in [0.2, 0.25) is 0 Å². The van der Waals surface area contributed by atoms with Crippen LogP contribution in [-0.2, 0) is 9.53 Å². The maximum atomic E-state index is 12.2. The number of nitrogens with zero attached hydrogens (tertiary/aromatic N) is 1. The van der Waals surface area contributed by atoms with E-state index < -0.39 is 0 Å². The molecule has 3 nitrogen and oxygen atoms in total. The van der Waals surface area contributed by atoms with E-state index in [2.05, 4.69) is 25.8 Å². The molecule has 0 saturated carbocycles. The van der Waals surface area contributed by atoms with Crippen LogP contribution in [0.2, 0.25) is 0 Å². The summed E-state index contributed by atoms with van der Waals surface area (Å²) in [5, 5.41) is 0. The van der Waals surface area contributed by atoms with Crippen molar-refractivity contribution in [1.29, 1.82) is 0 Å². The van der Waals surface area contributed by atoms with Gasteiger partial charge in [-0.25, -0.2) is 0 Å². The van der Waals surface area contributed by atoms with Crippen LogP contribution >= 0.6 is 0 Å². The Labute approximate surface area is 111 Å². The van der Waals surface area contributed by atoms with Gasteiger partial charge in [0.05, 0.1) is 13.0 Å².